The minimum atomic E-state index is -0.100. The number of carbonyl (C=O) groups excluding carboxylic acids is 1. The Kier molecular flexibility index (Phi) is 4.91. The Morgan fingerprint density at radius 2 is 2.29 bits per heavy atom. The van der Waals surface area contributed by atoms with Gasteiger partial charge in [0.25, 0.3) is 0 Å². The Labute approximate surface area is 103 Å². The zero-order valence-corrected chi connectivity index (χ0v) is 10.8. The first-order valence-corrected chi connectivity index (χ1v) is 5.94. The molecule has 5 nitrogen and oxygen atoms in total. The highest BCUT2D eigenvalue weighted by atomic mass is 16.5. The van der Waals surface area contributed by atoms with Gasteiger partial charge in [-0.15, -0.1) is 0 Å². The van der Waals surface area contributed by atoms with Gasteiger partial charge in [-0.05, 0) is 20.8 Å². The number of morpholine rings is 1. The largest absolute Gasteiger partial charge is 0.373 e. The number of nitrogens with one attached hydrogen (secondary N) is 1. The van der Waals surface area contributed by atoms with Crippen molar-refractivity contribution in [2.45, 2.75) is 38.8 Å². The number of amides is 1. The van der Waals surface area contributed by atoms with E-state index in [4.69, 9.17) is 10.00 Å². The van der Waals surface area contributed by atoms with E-state index < -0.39 is 0 Å². The van der Waals surface area contributed by atoms with E-state index in [0.717, 1.165) is 6.54 Å². The maximum Gasteiger partial charge on any atom is 0.236 e. The van der Waals surface area contributed by atoms with Crippen LogP contribution in [0.1, 0.15) is 27.2 Å². The molecule has 0 spiro atoms. The van der Waals surface area contributed by atoms with Crippen LogP contribution in [0.5, 0.6) is 0 Å². The normalized spacial score (nSPS) is 21.1. The quantitative estimate of drug-likeness (QED) is 0.779. The van der Waals surface area contributed by atoms with Gasteiger partial charge in [0, 0.05) is 25.2 Å². The SMILES string of the molecule is CC(C)(C)NC[C@H]1CN(C(=O)CC#N)CCO1. The number of carbonyl (C=O) groups is 1. The van der Waals surface area contributed by atoms with Crippen LogP contribution >= 0.6 is 0 Å². The molecule has 0 unspecified atom stereocenters. The summed E-state index contributed by atoms with van der Waals surface area (Å²) in [6.45, 7) is 8.71. The van der Waals surface area contributed by atoms with Crippen molar-refractivity contribution in [2.75, 3.05) is 26.2 Å². The molecule has 17 heavy (non-hydrogen) atoms. The molecule has 0 aliphatic carbocycles. The van der Waals surface area contributed by atoms with E-state index in [1.165, 1.54) is 0 Å². The van der Waals surface area contributed by atoms with Crippen molar-refractivity contribution in [3.05, 3.63) is 0 Å². The number of hydrogen-bond acceptors (Lipinski definition) is 4. The van der Waals surface area contributed by atoms with Gasteiger partial charge < -0.3 is 15.0 Å². The molecule has 0 saturated carbocycles. The number of nitriles is 1. The number of hydrogen-bond donors (Lipinski definition) is 1. The van der Waals surface area contributed by atoms with Crippen LogP contribution in [0.4, 0.5) is 0 Å². The van der Waals surface area contributed by atoms with Crippen molar-refractivity contribution in [2.24, 2.45) is 0 Å². The van der Waals surface area contributed by atoms with Crippen molar-refractivity contribution in [3.8, 4) is 6.07 Å². The summed E-state index contributed by atoms with van der Waals surface area (Å²) in [5.41, 5.74) is 0.0439. The molecule has 1 N–H and O–H groups in total. The molecule has 1 amide bonds. The molecule has 96 valence electrons. The predicted molar refractivity (Wildman–Crippen MR) is 64.3 cm³/mol. The van der Waals surface area contributed by atoms with Crippen LogP contribution in [0.3, 0.4) is 0 Å². The van der Waals surface area contributed by atoms with E-state index in [-0.39, 0.29) is 24.0 Å². The summed E-state index contributed by atoms with van der Waals surface area (Å²) in [6.07, 6.45) is -0.0232. The van der Waals surface area contributed by atoms with E-state index in [1.54, 1.807) is 4.90 Å². The van der Waals surface area contributed by atoms with Crippen molar-refractivity contribution >= 4 is 5.91 Å². The molecule has 1 heterocycles. The third-order valence-corrected chi connectivity index (χ3v) is 2.58. The summed E-state index contributed by atoms with van der Waals surface area (Å²) in [6, 6.07) is 1.89. The minimum Gasteiger partial charge on any atom is -0.373 e. The Bertz CT molecular complexity index is 304. The van der Waals surface area contributed by atoms with Crippen LogP contribution in [-0.2, 0) is 9.53 Å². The first kappa shape index (κ1) is 13.9. The van der Waals surface area contributed by atoms with Crippen molar-refractivity contribution in [1.29, 1.82) is 5.26 Å². The molecule has 0 aromatic heterocycles. The van der Waals surface area contributed by atoms with Gasteiger partial charge in [-0.3, -0.25) is 4.79 Å². The van der Waals surface area contributed by atoms with Crippen LogP contribution < -0.4 is 5.32 Å². The molecule has 0 bridgehead atoms. The number of nitrogens with zero attached hydrogens (tertiary/aromatic N) is 2. The summed E-state index contributed by atoms with van der Waals surface area (Å²) >= 11 is 0. The van der Waals surface area contributed by atoms with Crippen molar-refractivity contribution < 1.29 is 9.53 Å². The van der Waals surface area contributed by atoms with Gasteiger partial charge in [-0.1, -0.05) is 0 Å². The van der Waals surface area contributed by atoms with Gasteiger partial charge in [-0.25, -0.2) is 0 Å². The fourth-order valence-corrected chi connectivity index (χ4v) is 1.67. The summed E-state index contributed by atoms with van der Waals surface area (Å²) < 4.78 is 5.59. The van der Waals surface area contributed by atoms with E-state index in [2.05, 4.69) is 26.1 Å². The average molecular weight is 239 g/mol. The molecule has 1 aliphatic rings. The summed E-state index contributed by atoms with van der Waals surface area (Å²) in [7, 11) is 0. The molecular weight excluding hydrogens is 218 g/mol. The number of rotatable bonds is 3. The van der Waals surface area contributed by atoms with Gasteiger partial charge in [0.1, 0.15) is 6.42 Å². The fraction of sp³-hybridized carbons (Fsp3) is 0.833. The standard InChI is InChI=1S/C12H21N3O2/c1-12(2,3)14-8-10-9-15(6-7-17-10)11(16)4-5-13/h10,14H,4,6-9H2,1-3H3/t10-/m0/s1. The average Bonchev–Trinajstić information content (AvgIpc) is 2.26. The second kappa shape index (κ2) is 5.99. The highest BCUT2D eigenvalue weighted by molar-refractivity contribution is 5.78. The lowest BCUT2D eigenvalue weighted by molar-refractivity contribution is -0.137. The third kappa shape index (κ3) is 5.16. The van der Waals surface area contributed by atoms with Crippen LogP contribution in [0.2, 0.25) is 0 Å². The molecule has 1 fully saturated rings. The molecule has 1 saturated heterocycles. The molecule has 1 atom stereocenters. The van der Waals surface area contributed by atoms with Crippen LogP contribution in [0.15, 0.2) is 0 Å². The van der Waals surface area contributed by atoms with E-state index in [0.29, 0.717) is 19.7 Å². The van der Waals surface area contributed by atoms with E-state index in [9.17, 15) is 4.79 Å². The zero-order valence-electron chi connectivity index (χ0n) is 10.8. The lowest BCUT2D eigenvalue weighted by atomic mass is 10.1. The smallest absolute Gasteiger partial charge is 0.236 e. The number of ether oxygens (including phenoxy) is 1. The Morgan fingerprint density at radius 1 is 1.59 bits per heavy atom. The maximum atomic E-state index is 11.6. The topological polar surface area (TPSA) is 65.4 Å². The Morgan fingerprint density at radius 3 is 2.88 bits per heavy atom. The van der Waals surface area contributed by atoms with Crippen LogP contribution in [-0.4, -0.2) is 48.7 Å². The van der Waals surface area contributed by atoms with Crippen LogP contribution in [0, 0.1) is 11.3 Å². The molecule has 1 rings (SSSR count). The van der Waals surface area contributed by atoms with E-state index in [1.807, 2.05) is 6.07 Å². The van der Waals surface area contributed by atoms with Gasteiger partial charge >= 0.3 is 0 Å². The third-order valence-electron chi connectivity index (χ3n) is 2.58. The maximum absolute atomic E-state index is 11.6. The minimum absolute atomic E-state index is 0.0191. The first-order valence-electron chi connectivity index (χ1n) is 5.94. The second-order valence-electron chi connectivity index (χ2n) is 5.30. The second-order valence-corrected chi connectivity index (χ2v) is 5.30. The van der Waals surface area contributed by atoms with Crippen LogP contribution in [0.25, 0.3) is 0 Å². The molecule has 0 radical (unpaired) electrons. The van der Waals surface area contributed by atoms with E-state index >= 15 is 0 Å². The summed E-state index contributed by atoms with van der Waals surface area (Å²) in [5.74, 6) is -0.100. The van der Waals surface area contributed by atoms with Gasteiger partial charge in [0.15, 0.2) is 0 Å². The molecule has 0 aromatic carbocycles. The molecule has 5 heteroatoms. The van der Waals surface area contributed by atoms with Crippen molar-refractivity contribution in [3.63, 3.8) is 0 Å². The monoisotopic (exact) mass is 239 g/mol. The van der Waals surface area contributed by atoms with Crippen molar-refractivity contribution in [1.82, 2.24) is 10.2 Å². The highest BCUT2D eigenvalue weighted by Crippen LogP contribution is 2.08. The fourth-order valence-electron chi connectivity index (χ4n) is 1.67. The molecule has 1 aliphatic heterocycles. The summed E-state index contributed by atoms with van der Waals surface area (Å²) in [4.78, 5) is 13.3. The molecule has 0 aromatic rings. The Hall–Kier alpha value is -1.12. The van der Waals surface area contributed by atoms with Gasteiger partial charge in [0.05, 0.1) is 18.8 Å². The van der Waals surface area contributed by atoms with Gasteiger partial charge in [-0.2, -0.15) is 5.26 Å². The lowest BCUT2D eigenvalue weighted by Crippen LogP contribution is -2.51. The highest BCUT2D eigenvalue weighted by Gasteiger charge is 2.24. The first-order chi connectivity index (χ1) is 7.92. The Balaban J connectivity index is 2.39. The summed E-state index contributed by atoms with van der Waals surface area (Å²) in [5, 5.41) is 11.9. The predicted octanol–water partition coefficient (Wildman–Crippen LogP) is 0.516. The molecular formula is C12H21N3O2. The lowest BCUT2D eigenvalue weighted by Gasteiger charge is -2.34. The van der Waals surface area contributed by atoms with Gasteiger partial charge in [0.2, 0.25) is 5.91 Å². The zero-order chi connectivity index (χ0) is 12.9.